The van der Waals surface area contributed by atoms with Gasteiger partial charge in [0.15, 0.2) is 0 Å². The highest BCUT2D eigenvalue weighted by molar-refractivity contribution is 7.19. The maximum Gasteiger partial charge on any atom is 0.320 e. The second-order valence-electron chi connectivity index (χ2n) is 27.7. The van der Waals surface area contributed by atoms with Crippen LogP contribution in [0.15, 0.2) is 48.5 Å². The summed E-state index contributed by atoms with van der Waals surface area (Å²) in [6, 6.07) is 20.2. The molecule has 8 saturated heterocycles. The van der Waals surface area contributed by atoms with E-state index in [1.54, 1.807) is 27.6 Å². The minimum Gasteiger partial charge on any atom is -0.378 e. The van der Waals surface area contributed by atoms with Crippen LogP contribution in [0.5, 0.6) is 0 Å². The first kappa shape index (κ1) is 63.8. The number of morpholine rings is 2. The molecule has 0 spiro atoms. The average Bonchev–Trinajstić information content (AvgIpc) is 1.77. The summed E-state index contributed by atoms with van der Waals surface area (Å²) in [7, 11) is 0. The number of aromatic amines is 2. The first-order valence-corrected chi connectivity index (χ1v) is 35.2. The lowest BCUT2D eigenvalue weighted by Crippen LogP contribution is -2.54. The van der Waals surface area contributed by atoms with E-state index in [1.807, 2.05) is 9.80 Å². The van der Waals surface area contributed by atoms with Crippen LogP contribution in [-0.2, 0) is 42.7 Å². The minimum atomic E-state index is -0.545. The quantitative estimate of drug-likeness (QED) is 0.0803. The Labute approximate surface area is 539 Å². The van der Waals surface area contributed by atoms with E-state index in [0.717, 1.165) is 114 Å². The van der Waals surface area contributed by atoms with E-state index in [-0.39, 0.29) is 11.4 Å². The van der Waals surface area contributed by atoms with Crippen molar-refractivity contribution in [3.05, 3.63) is 91.7 Å². The van der Waals surface area contributed by atoms with Gasteiger partial charge in [-0.1, -0.05) is 34.4 Å². The Bertz CT molecular complexity index is 3440. The van der Waals surface area contributed by atoms with E-state index < -0.39 is 10.8 Å². The highest BCUT2D eigenvalue weighted by Gasteiger charge is 2.49. The van der Waals surface area contributed by atoms with Gasteiger partial charge in [-0.05, 0) is 190 Å². The Balaban J connectivity index is 0.000000154. The second kappa shape index (κ2) is 27.1. The van der Waals surface area contributed by atoms with Crippen LogP contribution < -0.4 is 5.32 Å². The number of aryl methyl sites for hydroxylation is 4. The third-order valence-electron chi connectivity index (χ3n) is 20.6. The number of nitrogens with one attached hydrogen (secondary N) is 3. The van der Waals surface area contributed by atoms with Crippen LogP contribution in [0.2, 0.25) is 0 Å². The zero-order chi connectivity index (χ0) is 62.3. The highest BCUT2D eigenvalue weighted by Crippen LogP contribution is 2.47. The topological polar surface area (TPSA) is 153 Å². The van der Waals surface area contributed by atoms with Gasteiger partial charge < -0.3 is 54.2 Å². The minimum absolute atomic E-state index is 0.155. The van der Waals surface area contributed by atoms with Crippen molar-refractivity contribution in [2.75, 3.05) is 118 Å². The van der Waals surface area contributed by atoms with Gasteiger partial charge in [0.25, 0.3) is 0 Å². The standard InChI is InChI=1S/C35H47N5O3S.C30H40N4OS.C5H8ClNO2/c1-23-19-24(2)21-25(20-23)31-28(9-10-37-11-13-38(14-12-37)34(42)39-15-17-43-18-16-39)29-22-30(44-32(29)36-31)35(3,4)33(41)40-26-5-6-27(40)8-7-26;1-19-15-20(2)17-21(16-19)27-24(9-12-33-13-10-31-11-14-33)25-18-26(36-28(25)32-27)30(3,4)29(35)34-22-5-6-23(34)8-7-22;6-5(8)7-1-3-9-4-2-7/h19-22,26-27,36H,5-18H2,1-4H3;15-18,22-23,31-32H,5-14H2,1-4H3;1-4H2. The summed E-state index contributed by atoms with van der Waals surface area (Å²) in [6.45, 7) is 32.0. The lowest BCUT2D eigenvalue weighted by atomic mass is 9.88. The van der Waals surface area contributed by atoms with E-state index in [9.17, 15) is 19.2 Å². The van der Waals surface area contributed by atoms with E-state index >= 15 is 0 Å². The molecule has 5 amide bonds. The summed E-state index contributed by atoms with van der Waals surface area (Å²) in [4.78, 5) is 78.6. The third kappa shape index (κ3) is 13.6. The van der Waals surface area contributed by atoms with Gasteiger partial charge >= 0.3 is 11.4 Å². The van der Waals surface area contributed by atoms with Crippen molar-refractivity contribution in [3.8, 4) is 22.5 Å². The molecule has 8 aliphatic rings. The Morgan fingerprint density at radius 2 is 0.854 bits per heavy atom. The number of hydrogen-bond donors (Lipinski definition) is 3. The first-order chi connectivity index (χ1) is 42.8. The predicted molar refractivity (Wildman–Crippen MR) is 360 cm³/mol. The van der Waals surface area contributed by atoms with Crippen LogP contribution in [0.25, 0.3) is 42.9 Å². The number of benzene rings is 2. The zero-order valence-electron chi connectivity index (χ0n) is 54.0. The number of amides is 5. The number of aromatic nitrogens is 2. The van der Waals surface area contributed by atoms with Gasteiger partial charge in [0.2, 0.25) is 11.8 Å². The molecule has 8 fully saturated rings. The molecule has 0 aliphatic carbocycles. The smallest absolute Gasteiger partial charge is 0.320 e. The van der Waals surface area contributed by atoms with Crippen LogP contribution in [0.4, 0.5) is 9.59 Å². The monoisotopic (exact) mass is 1270 g/mol. The molecule has 14 rings (SSSR count). The zero-order valence-corrected chi connectivity index (χ0v) is 56.4. The van der Waals surface area contributed by atoms with Gasteiger partial charge in [-0.2, -0.15) is 0 Å². The Hall–Kier alpha value is -5.31. The van der Waals surface area contributed by atoms with E-state index in [2.05, 4.69) is 139 Å². The molecule has 0 radical (unpaired) electrons. The highest BCUT2D eigenvalue weighted by atomic mass is 35.5. The van der Waals surface area contributed by atoms with Crippen molar-refractivity contribution in [2.24, 2.45) is 0 Å². The Kier molecular flexibility index (Phi) is 19.4. The summed E-state index contributed by atoms with van der Waals surface area (Å²) in [5.41, 5.74) is 11.8. The molecular weight excluding hydrogens is 1180 g/mol. The van der Waals surface area contributed by atoms with Gasteiger partial charge in [0.1, 0.15) is 9.66 Å². The number of H-pyrrole nitrogens is 2. The average molecular weight is 1270 g/mol. The molecule has 0 saturated carbocycles. The van der Waals surface area contributed by atoms with E-state index in [1.165, 1.54) is 102 Å². The summed E-state index contributed by atoms with van der Waals surface area (Å²) in [6.07, 6.45) is 11.3. The number of piperazine rings is 2. The molecule has 3 N–H and O–H groups in total. The van der Waals surface area contributed by atoms with Gasteiger partial charge in [-0.25, -0.2) is 4.79 Å². The van der Waals surface area contributed by atoms with Gasteiger partial charge in [0.05, 0.1) is 48.6 Å². The molecule has 4 bridgehead atoms. The van der Waals surface area contributed by atoms with Crippen molar-refractivity contribution in [2.45, 2.75) is 155 Å². The number of hydrogen-bond acceptors (Lipinski definition) is 11. The molecule has 6 aromatic rings. The summed E-state index contributed by atoms with van der Waals surface area (Å²) in [5, 5.41) is 5.66. The van der Waals surface area contributed by atoms with Crippen molar-refractivity contribution < 1.29 is 28.7 Å². The number of nitrogens with zero attached hydrogens (tertiary/aromatic N) is 7. The van der Waals surface area contributed by atoms with Gasteiger partial charge in [0, 0.05) is 136 Å². The Morgan fingerprint density at radius 3 is 1.22 bits per heavy atom. The van der Waals surface area contributed by atoms with Crippen LogP contribution >= 0.6 is 34.3 Å². The SMILES string of the molecule is Cc1cc(C)cc(-c2[nH]c3sc(C(C)(C)C(=O)N4C5CCC4CC5)cc3c2CCN2CCN(C(=O)N3CCOCC3)CC2)c1.Cc1cc(C)cc(-c2[nH]c3sc(C(C)(C)C(=O)N4C5CCC4CC5)cc3c2CCN2CCNCC2)c1.O=C(Cl)N1CCOCC1. The lowest BCUT2D eigenvalue weighted by Gasteiger charge is -2.38. The number of thiophene rings is 2. The van der Waals surface area contributed by atoms with Gasteiger partial charge in [-0.3, -0.25) is 19.3 Å². The number of rotatable bonds is 12. The molecule has 480 valence electrons. The Morgan fingerprint density at radius 1 is 0.494 bits per heavy atom. The fraction of sp³-hybridized carbons (Fsp3) is 0.600. The fourth-order valence-electron chi connectivity index (χ4n) is 15.6. The fourth-order valence-corrected chi connectivity index (χ4v) is 18.1. The number of carbonyl (C=O) groups is 4. The number of fused-ring (bicyclic) bond motifs is 6. The molecule has 12 heterocycles. The largest absolute Gasteiger partial charge is 0.378 e. The maximum absolute atomic E-state index is 14.0. The van der Waals surface area contributed by atoms with Crippen LogP contribution in [0.1, 0.15) is 122 Å². The van der Waals surface area contributed by atoms with Crippen LogP contribution in [0.3, 0.4) is 0 Å². The summed E-state index contributed by atoms with van der Waals surface area (Å²) >= 11 is 8.73. The van der Waals surface area contributed by atoms with Crippen molar-refractivity contribution in [1.82, 2.24) is 49.6 Å². The molecule has 0 unspecified atom stereocenters. The number of carbonyl (C=O) groups excluding carboxylic acids is 4. The van der Waals surface area contributed by atoms with Crippen molar-refractivity contribution >= 4 is 77.9 Å². The van der Waals surface area contributed by atoms with Crippen molar-refractivity contribution in [3.63, 3.8) is 0 Å². The number of ether oxygens (including phenoxy) is 2. The summed E-state index contributed by atoms with van der Waals surface area (Å²) in [5.74, 6) is 0.625. The molecule has 8 aliphatic heterocycles. The molecule has 19 heteroatoms. The van der Waals surface area contributed by atoms with E-state index in [0.29, 0.717) is 88.6 Å². The van der Waals surface area contributed by atoms with Gasteiger partial charge in [-0.15, -0.1) is 22.7 Å². The molecule has 0 atom stereocenters. The first-order valence-electron chi connectivity index (χ1n) is 33.2. The molecular formula is C70H95ClN10O6S2. The molecule has 2 aromatic carbocycles. The van der Waals surface area contributed by atoms with Crippen LogP contribution in [0, 0.1) is 27.7 Å². The molecule has 4 aromatic heterocycles. The maximum atomic E-state index is 14.0. The molecule has 16 nitrogen and oxygen atoms in total. The number of halogens is 1. The van der Waals surface area contributed by atoms with E-state index in [4.69, 9.17) is 21.1 Å². The third-order valence-corrected chi connectivity index (χ3v) is 23.6. The molecule has 89 heavy (non-hydrogen) atoms. The van der Waals surface area contributed by atoms with Crippen molar-refractivity contribution in [1.29, 1.82) is 0 Å². The summed E-state index contributed by atoms with van der Waals surface area (Å²) < 4.78 is 10.4. The normalized spacial score (nSPS) is 22.5. The number of urea groups is 1. The second-order valence-corrected chi connectivity index (χ2v) is 30.1. The predicted octanol–water partition coefficient (Wildman–Crippen LogP) is 11.6. The lowest BCUT2D eigenvalue weighted by molar-refractivity contribution is -0.138. The van der Waals surface area contributed by atoms with Crippen LogP contribution in [-0.4, -0.2) is 210 Å².